The van der Waals surface area contributed by atoms with Crippen molar-refractivity contribution in [3.8, 4) is 16.8 Å². The molecule has 0 aliphatic heterocycles. The standard InChI is InChI=1S/C28H21N5O4S2/c1-18-24(20-10-4-2-5-11-20)25-26(39-18)30-28(32(27(25)35)21-12-6-3-7-13-21)38-17-23(34)31-29-16-19-9-8-14-22(15-19)33(36)37/h2-16H,17H2,1H3,(H,31,34)/b29-16+. The zero-order chi connectivity index (χ0) is 27.4. The number of fused-ring (bicyclic) bond motifs is 1. The number of amides is 1. The molecule has 5 aromatic rings. The minimum atomic E-state index is -0.499. The molecule has 2 aromatic heterocycles. The predicted molar refractivity (Wildman–Crippen MR) is 155 cm³/mol. The second-order valence-electron chi connectivity index (χ2n) is 8.38. The minimum absolute atomic E-state index is 0.0487. The molecule has 0 saturated heterocycles. The Kier molecular flexibility index (Phi) is 7.62. The van der Waals surface area contributed by atoms with Gasteiger partial charge in [0.25, 0.3) is 17.2 Å². The maximum atomic E-state index is 14.0. The smallest absolute Gasteiger partial charge is 0.270 e. The van der Waals surface area contributed by atoms with Crippen molar-refractivity contribution in [2.75, 3.05) is 5.75 Å². The number of thiophene rings is 1. The molecule has 0 atom stereocenters. The van der Waals surface area contributed by atoms with Crippen molar-refractivity contribution in [2.24, 2.45) is 5.10 Å². The fourth-order valence-corrected chi connectivity index (χ4v) is 5.95. The molecule has 39 heavy (non-hydrogen) atoms. The van der Waals surface area contributed by atoms with Gasteiger partial charge in [-0.25, -0.2) is 10.4 Å². The lowest BCUT2D eigenvalue weighted by molar-refractivity contribution is -0.384. The fourth-order valence-electron chi connectivity index (χ4n) is 4.06. The Bertz CT molecular complexity index is 1770. The van der Waals surface area contributed by atoms with E-state index in [1.54, 1.807) is 6.07 Å². The number of para-hydroxylation sites is 1. The molecule has 1 N–H and O–H groups in total. The third kappa shape index (κ3) is 5.64. The number of nitro groups is 1. The van der Waals surface area contributed by atoms with Gasteiger partial charge in [0.05, 0.1) is 28.0 Å². The van der Waals surface area contributed by atoms with E-state index in [2.05, 4.69) is 10.5 Å². The number of carbonyl (C=O) groups is 1. The number of nitrogens with zero attached hydrogens (tertiary/aromatic N) is 4. The first-order chi connectivity index (χ1) is 18.9. The molecule has 0 fully saturated rings. The quantitative estimate of drug-likeness (QED) is 0.0879. The summed E-state index contributed by atoms with van der Waals surface area (Å²) in [5.41, 5.74) is 5.08. The van der Waals surface area contributed by atoms with Crippen LogP contribution in [0.25, 0.3) is 27.0 Å². The van der Waals surface area contributed by atoms with Gasteiger partial charge in [0.15, 0.2) is 5.16 Å². The first-order valence-electron chi connectivity index (χ1n) is 11.8. The van der Waals surface area contributed by atoms with E-state index >= 15 is 0 Å². The summed E-state index contributed by atoms with van der Waals surface area (Å²) < 4.78 is 1.53. The number of aryl methyl sites for hydroxylation is 1. The third-order valence-electron chi connectivity index (χ3n) is 5.76. The normalized spacial score (nSPS) is 11.2. The molecule has 2 heterocycles. The Labute approximate surface area is 231 Å². The number of aromatic nitrogens is 2. The van der Waals surface area contributed by atoms with E-state index in [0.717, 1.165) is 27.8 Å². The molecule has 9 nitrogen and oxygen atoms in total. The zero-order valence-corrected chi connectivity index (χ0v) is 22.2. The van der Waals surface area contributed by atoms with E-state index in [0.29, 0.717) is 26.6 Å². The summed E-state index contributed by atoms with van der Waals surface area (Å²) in [5.74, 6) is -0.463. The van der Waals surface area contributed by atoms with Crippen LogP contribution < -0.4 is 11.0 Å². The average Bonchev–Trinajstić information content (AvgIpc) is 3.29. The van der Waals surface area contributed by atoms with Crippen LogP contribution in [0.15, 0.2) is 100.0 Å². The summed E-state index contributed by atoms with van der Waals surface area (Å²) in [5, 5.41) is 15.8. The van der Waals surface area contributed by atoms with E-state index in [1.165, 1.54) is 40.3 Å². The Hall–Kier alpha value is -4.61. The van der Waals surface area contributed by atoms with Crippen LogP contribution in [-0.4, -0.2) is 32.3 Å². The van der Waals surface area contributed by atoms with E-state index in [1.807, 2.05) is 67.6 Å². The highest BCUT2D eigenvalue weighted by Gasteiger charge is 2.21. The van der Waals surface area contributed by atoms with Gasteiger partial charge in [-0.1, -0.05) is 72.4 Å². The fraction of sp³-hybridized carbons (Fsp3) is 0.0714. The Morgan fingerprint density at radius 2 is 1.82 bits per heavy atom. The number of hydrogen-bond acceptors (Lipinski definition) is 8. The number of thioether (sulfide) groups is 1. The molecule has 0 aliphatic rings. The van der Waals surface area contributed by atoms with Gasteiger partial charge >= 0.3 is 0 Å². The highest BCUT2D eigenvalue weighted by atomic mass is 32.2. The Morgan fingerprint density at radius 3 is 2.54 bits per heavy atom. The highest BCUT2D eigenvalue weighted by molar-refractivity contribution is 7.99. The average molecular weight is 556 g/mol. The van der Waals surface area contributed by atoms with E-state index in [9.17, 15) is 19.7 Å². The van der Waals surface area contributed by atoms with Gasteiger partial charge < -0.3 is 0 Å². The molecule has 0 unspecified atom stereocenters. The van der Waals surface area contributed by atoms with Crippen LogP contribution in [0.1, 0.15) is 10.4 Å². The van der Waals surface area contributed by atoms with Gasteiger partial charge in [-0.2, -0.15) is 5.10 Å². The van der Waals surface area contributed by atoms with Crippen molar-refractivity contribution in [2.45, 2.75) is 12.1 Å². The number of nitro benzene ring substituents is 1. The van der Waals surface area contributed by atoms with Gasteiger partial charge in [-0.3, -0.25) is 24.3 Å². The number of benzene rings is 3. The van der Waals surface area contributed by atoms with Gasteiger partial charge in [-0.05, 0) is 24.6 Å². The zero-order valence-electron chi connectivity index (χ0n) is 20.6. The van der Waals surface area contributed by atoms with Gasteiger partial charge in [-0.15, -0.1) is 11.3 Å². The number of hydrogen-bond donors (Lipinski definition) is 1. The molecule has 0 bridgehead atoms. The molecule has 0 saturated carbocycles. The molecule has 11 heteroatoms. The summed E-state index contributed by atoms with van der Waals surface area (Å²) >= 11 is 2.57. The lowest BCUT2D eigenvalue weighted by Gasteiger charge is -2.12. The summed E-state index contributed by atoms with van der Waals surface area (Å²) in [6.45, 7) is 1.97. The van der Waals surface area contributed by atoms with Crippen molar-refractivity contribution in [1.82, 2.24) is 15.0 Å². The van der Waals surface area contributed by atoms with Crippen LogP contribution in [0.3, 0.4) is 0 Å². The number of nitrogens with one attached hydrogen (secondary N) is 1. The largest absolute Gasteiger partial charge is 0.272 e. The number of hydrazone groups is 1. The van der Waals surface area contributed by atoms with Crippen LogP contribution in [0.4, 0.5) is 5.69 Å². The Balaban J connectivity index is 1.44. The van der Waals surface area contributed by atoms with Crippen LogP contribution in [0.5, 0.6) is 0 Å². The third-order valence-corrected chi connectivity index (χ3v) is 7.70. The minimum Gasteiger partial charge on any atom is -0.272 e. The van der Waals surface area contributed by atoms with Crippen LogP contribution in [0, 0.1) is 17.0 Å². The van der Waals surface area contributed by atoms with Crippen molar-refractivity contribution in [3.05, 3.63) is 116 Å². The SMILES string of the molecule is Cc1sc2nc(SCC(=O)N/N=C/c3cccc([N+](=O)[O-])c3)n(-c3ccccc3)c(=O)c2c1-c1ccccc1. The first-order valence-corrected chi connectivity index (χ1v) is 13.6. The maximum absolute atomic E-state index is 14.0. The molecule has 0 spiro atoms. The van der Waals surface area contributed by atoms with E-state index in [4.69, 9.17) is 4.98 Å². The molecule has 5 rings (SSSR count). The molecule has 0 aliphatic carbocycles. The molecule has 1 amide bonds. The molecule has 3 aromatic carbocycles. The Morgan fingerprint density at radius 1 is 1.10 bits per heavy atom. The van der Waals surface area contributed by atoms with Crippen molar-refractivity contribution in [1.29, 1.82) is 0 Å². The first kappa shape index (κ1) is 26.0. The van der Waals surface area contributed by atoms with Crippen molar-refractivity contribution < 1.29 is 9.72 Å². The van der Waals surface area contributed by atoms with E-state index in [-0.39, 0.29) is 17.0 Å². The van der Waals surface area contributed by atoms with Gasteiger partial charge in [0, 0.05) is 28.1 Å². The molecular weight excluding hydrogens is 534 g/mol. The van der Waals surface area contributed by atoms with Crippen LogP contribution in [-0.2, 0) is 4.79 Å². The second-order valence-corrected chi connectivity index (χ2v) is 10.5. The van der Waals surface area contributed by atoms with Crippen molar-refractivity contribution >= 4 is 51.1 Å². The summed E-state index contributed by atoms with van der Waals surface area (Å²) in [6, 6.07) is 24.9. The predicted octanol–water partition coefficient (Wildman–Crippen LogP) is 5.57. The summed E-state index contributed by atoms with van der Waals surface area (Å²) in [6.07, 6.45) is 1.33. The molecule has 0 radical (unpaired) electrons. The van der Waals surface area contributed by atoms with Crippen LogP contribution in [0.2, 0.25) is 0 Å². The van der Waals surface area contributed by atoms with E-state index < -0.39 is 10.8 Å². The second kappa shape index (κ2) is 11.4. The number of non-ortho nitro benzene ring substituents is 1. The molecule has 194 valence electrons. The monoisotopic (exact) mass is 555 g/mol. The van der Waals surface area contributed by atoms with Crippen LogP contribution >= 0.6 is 23.1 Å². The van der Waals surface area contributed by atoms with Gasteiger partial charge in [0.1, 0.15) is 4.83 Å². The maximum Gasteiger partial charge on any atom is 0.270 e. The number of carbonyl (C=O) groups excluding carboxylic acids is 1. The highest BCUT2D eigenvalue weighted by Crippen LogP contribution is 2.36. The van der Waals surface area contributed by atoms with Gasteiger partial charge in [0.2, 0.25) is 0 Å². The molecular formula is C28H21N5O4S2. The summed E-state index contributed by atoms with van der Waals surface area (Å²) in [4.78, 5) is 43.3. The summed E-state index contributed by atoms with van der Waals surface area (Å²) in [7, 11) is 0. The van der Waals surface area contributed by atoms with Crippen molar-refractivity contribution in [3.63, 3.8) is 0 Å². The lowest BCUT2D eigenvalue weighted by Crippen LogP contribution is -2.24. The number of rotatable bonds is 8. The topological polar surface area (TPSA) is 119 Å². The lowest BCUT2D eigenvalue weighted by atomic mass is 10.0.